The Hall–Kier alpha value is -1.75. The van der Waals surface area contributed by atoms with Crippen molar-refractivity contribution in [2.75, 3.05) is 20.3 Å². The van der Waals surface area contributed by atoms with Crippen LogP contribution in [0.15, 0.2) is 0 Å². The average Bonchev–Trinajstić information content (AvgIpc) is 3.37. The van der Waals surface area contributed by atoms with Gasteiger partial charge in [0.2, 0.25) is 0 Å². The van der Waals surface area contributed by atoms with Gasteiger partial charge in [0.1, 0.15) is 18.8 Å². The first kappa shape index (κ1) is 42.3. The zero-order valence-electron chi connectivity index (χ0n) is 29.5. The van der Waals surface area contributed by atoms with E-state index >= 15 is 0 Å². The van der Waals surface area contributed by atoms with E-state index in [0.717, 1.165) is 44.9 Å². The van der Waals surface area contributed by atoms with E-state index in [9.17, 15) is 14.4 Å². The summed E-state index contributed by atoms with van der Waals surface area (Å²) in [5, 5.41) is 0. The predicted molar refractivity (Wildman–Crippen MR) is 181 cm³/mol. The lowest BCUT2D eigenvalue weighted by molar-refractivity contribution is -0.184. The SMILES string of the molecule is CCCCCCCCCCCC(=O)O[C@H]1[C@H](OC)O[C@H](COC(=O)C(N)CCCCN)[C@H]1OC(=O)CCCCCCCCCCC. The largest absolute Gasteiger partial charge is 0.462 e. The minimum atomic E-state index is -0.968. The first-order valence-corrected chi connectivity index (χ1v) is 18.6. The maximum atomic E-state index is 12.9. The van der Waals surface area contributed by atoms with Crippen LogP contribution < -0.4 is 11.5 Å². The van der Waals surface area contributed by atoms with Gasteiger partial charge in [-0.25, -0.2) is 0 Å². The van der Waals surface area contributed by atoms with Crippen LogP contribution >= 0.6 is 0 Å². The van der Waals surface area contributed by atoms with Gasteiger partial charge in [0.25, 0.3) is 0 Å². The third kappa shape index (κ3) is 19.8. The quantitative estimate of drug-likeness (QED) is 0.0469. The number of hydrogen-bond donors (Lipinski definition) is 2. The zero-order valence-corrected chi connectivity index (χ0v) is 29.5. The first-order chi connectivity index (χ1) is 22.4. The van der Waals surface area contributed by atoms with Crippen molar-refractivity contribution >= 4 is 17.9 Å². The van der Waals surface area contributed by atoms with Crippen LogP contribution in [0.5, 0.6) is 0 Å². The molecule has 0 saturated carbocycles. The summed E-state index contributed by atoms with van der Waals surface area (Å²) in [6.07, 6.45) is 19.2. The highest BCUT2D eigenvalue weighted by Crippen LogP contribution is 2.29. The van der Waals surface area contributed by atoms with Gasteiger partial charge >= 0.3 is 17.9 Å². The highest BCUT2D eigenvalue weighted by molar-refractivity contribution is 5.75. The fourth-order valence-electron chi connectivity index (χ4n) is 5.76. The molecule has 1 fully saturated rings. The molecule has 0 spiro atoms. The van der Waals surface area contributed by atoms with Crippen molar-refractivity contribution in [3.63, 3.8) is 0 Å². The summed E-state index contributed by atoms with van der Waals surface area (Å²) in [7, 11) is 1.44. The molecule has 5 atom stereocenters. The fraction of sp³-hybridized carbons (Fsp3) is 0.917. The molecular formula is C36H68N2O8. The Labute approximate surface area is 279 Å². The minimum Gasteiger partial charge on any atom is -0.462 e. The van der Waals surface area contributed by atoms with E-state index in [1.165, 1.54) is 84.2 Å². The molecule has 1 unspecified atom stereocenters. The summed E-state index contributed by atoms with van der Waals surface area (Å²) < 4.78 is 28.5. The van der Waals surface area contributed by atoms with E-state index in [4.69, 9.17) is 35.2 Å². The fourth-order valence-corrected chi connectivity index (χ4v) is 5.76. The molecular weight excluding hydrogens is 588 g/mol. The third-order valence-electron chi connectivity index (χ3n) is 8.67. The maximum absolute atomic E-state index is 12.9. The minimum absolute atomic E-state index is 0.203. The number of esters is 3. The number of carbonyl (C=O) groups excluding carboxylic acids is 3. The van der Waals surface area contributed by atoms with Crippen molar-refractivity contribution in [1.82, 2.24) is 0 Å². The second-order valence-corrected chi connectivity index (χ2v) is 12.9. The molecule has 0 aromatic heterocycles. The van der Waals surface area contributed by atoms with Gasteiger partial charge < -0.3 is 35.2 Å². The molecule has 0 amide bonds. The van der Waals surface area contributed by atoms with Crippen molar-refractivity contribution < 1.29 is 38.1 Å². The molecule has 1 rings (SSSR count). The second kappa shape index (κ2) is 28.3. The predicted octanol–water partition coefficient (Wildman–Crippen LogP) is 7.02. The van der Waals surface area contributed by atoms with E-state index < -0.39 is 48.6 Å². The monoisotopic (exact) mass is 656 g/mol. The Kier molecular flexibility index (Phi) is 26.0. The summed E-state index contributed by atoms with van der Waals surface area (Å²) >= 11 is 0. The molecule has 10 heteroatoms. The summed E-state index contributed by atoms with van der Waals surface area (Å²) in [6.45, 7) is 4.76. The molecule has 0 bridgehead atoms. The topological polar surface area (TPSA) is 149 Å². The van der Waals surface area contributed by atoms with Crippen LogP contribution in [0.2, 0.25) is 0 Å². The Morgan fingerprint density at radius 3 is 1.57 bits per heavy atom. The average molecular weight is 657 g/mol. The summed E-state index contributed by atoms with van der Waals surface area (Å²) in [6, 6.07) is -0.788. The van der Waals surface area contributed by atoms with Crippen LogP contribution in [-0.2, 0) is 38.1 Å². The van der Waals surface area contributed by atoms with E-state index in [-0.39, 0.29) is 19.4 Å². The molecule has 1 aliphatic heterocycles. The molecule has 0 aromatic rings. The number of ether oxygens (including phenoxy) is 5. The smallest absolute Gasteiger partial charge is 0.323 e. The van der Waals surface area contributed by atoms with Crippen molar-refractivity contribution in [1.29, 1.82) is 0 Å². The van der Waals surface area contributed by atoms with Crippen molar-refractivity contribution in [3.05, 3.63) is 0 Å². The van der Waals surface area contributed by atoms with Gasteiger partial charge in [0, 0.05) is 20.0 Å². The number of carbonyl (C=O) groups is 3. The molecule has 1 saturated heterocycles. The molecule has 4 N–H and O–H groups in total. The van der Waals surface area contributed by atoms with Crippen LogP contribution in [-0.4, -0.2) is 68.8 Å². The van der Waals surface area contributed by atoms with Gasteiger partial charge in [0.15, 0.2) is 18.5 Å². The number of nitrogens with two attached hydrogens (primary N) is 2. The normalized spacial score (nSPS) is 20.0. The second-order valence-electron chi connectivity index (χ2n) is 12.9. The molecule has 1 heterocycles. The van der Waals surface area contributed by atoms with E-state index in [0.29, 0.717) is 19.4 Å². The Bertz CT molecular complexity index is 783. The van der Waals surface area contributed by atoms with Crippen molar-refractivity contribution in [2.24, 2.45) is 11.5 Å². The van der Waals surface area contributed by atoms with Gasteiger partial charge in [-0.1, -0.05) is 123 Å². The summed E-state index contributed by atoms with van der Waals surface area (Å²) in [5.74, 6) is -1.36. The van der Waals surface area contributed by atoms with Crippen molar-refractivity contribution in [2.45, 2.75) is 192 Å². The lowest BCUT2D eigenvalue weighted by Gasteiger charge is -2.24. The molecule has 10 nitrogen and oxygen atoms in total. The molecule has 1 aliphatic rings. The Morgan fingerprint density at radius 1 is 0.652 bits per heavy atom. The lowest BCUT2D eigenvalue weighted by Crippen LogP contribution is -2.43. The highest BCUT2D eigenvalue weighted by atomic mass is 16.7. The van der Waals surface area contributed by atoms with Gasteiger partial charge in [-0.05, 0) is 32.2 Å². The number of rotatable bonds is 30. The van der Waals surface area contributed by atoms with Gasteiger partial charge in [-0.15, -0.1) is 0 Å². The molecule has 0 aliphatic carbocycles. The van der Waals surface area contributed by atoms with Gasteiger partial charge in [-0.3, -0.25) is 14.4 Å². The molecule has 270 valence electrons. The van der Waals surface area contributed by atoms with E-state index in [2.05, 4.69) is 13.8 Å². The van der Waals surface area contributed by atoms with E-state index in [1.807, 2.05) is 0 Å². The van der Waals surface area contributed by atoms with Crippen molar-refractivity contribution in [3.8, 4) is 0 Å². The van der Waals surface area contributed by atoms with Crippen LogP contribution in [0.1, 0.15) is 162 Å². The standard InChI is InChI=1S/C36H68N2O8/c1-4-6-8-10-12-14-16-18-20-25-31(39)45-33-30(28-43-35(41)29(38)24-22-23-27-37)44-36(42-3)34(33)46-32(40)26-21-19-17-15-13-11-9-7-5-2/h29-30,33-34,36H,4-28,37-38H2,1-3H3/t29?,30-,33-,34-,36-/m1/s1. The van der Waals surface area contributed by atoms with Crippen LogP contribution in [0.25, 0.3) is 0 Å². The Morgan fingerprint density at radius 2 is 1.11 bits per heavy atom. The number of methoxy groups -OCH3 is 1. The molecule has 46 heavy (non-hydrogen) atoms. The molecule has 0 aromatic carbocycles. The van der Waals surface area contributed by atoms with E-state index in [1.54, 1.807) is 0 Å². The molecule has 0 radical (unpaired) electrons. The van der Waals surface area contributed by atoms with Crippen LogP contribution in [0, 0.1) is 0 Å². The Balaban J connectivity index is 2.66. The summed E-state index contributed by atoms with van der Waals surface area (Å²) in [4.78, 5) is 38.3. The van der Waals surface area contributed by atoms with Crippen LogP contribution in [0.3, 0.4) is 0 Å². The third-order valence-corrected chi connectivity index (χ3v) is 8.67. The number of hydrogen-bond acceptors (Lipinski definition) is 10. The van der Waals surface area contributed by atoms with Crippen LogP contribution in [0.4, 0.5) is 0 Å². The highest BCUT2D eigenvalue weighted by Gasteiger charge is 2.50. The van der Waals surface area contributed by atoms with Gasteiger partial charge in [-0.2, -0.15) is 0 Å². The maximum Gasteiger partial charge on any atom is 0.323 e. The summed E-state index contributed by atoms with van der Waals surface area (Å²) in [5.41, 5.74) is 11.5. The number of unbranched alkanes of at least 4 members (excludes halogenated alkanes) is 17. The van der Waals surface area contributed by atoms with Gasteiger partial charge in [0.05, 0.1) is 0 Å². The zero-order chi connectivity index (χ0) is 33.8. The lowest BCUT2D eigenvalue weighted by atomic mass is 10.1. The first-order valence-electron chi connectivity index (χ1n) is 18.6.